The summed E-state index contributed by atoms with van der Waals surface area (Å²) >= 11 is 0. The van der Waals surface area contributed by atoms with Crippen LogP contribution in [0.4, 0.5) is 10.5 Å². The fourth-order valence-electron chi connectivity index (χ4n) is 2.96. The van der Waals surface area contributed by atoms with Crippen molar-refractivity contribution in [2.24, 2.45) is 0 Å². The molecule has 0 saturated carbocycles. The van der Waals surface area contributed by atoms with Crippen molar-refractivity contribution in [1.29, 1.82) is 0 Å². The minimum atomic E-state index is -0.246. The van der Waals surface area contributed by atoms with Crippen molar-refractivity contribution in [2.75, 3.05) is 11.9 Å². The Hall–Kier alpha value is -2.41. The zero-order valence-corrected chi connectivity index (χ0v) is 13.8. The Bertz CT molecular complexity index is 713. The quantitative estimate of drug-likeness (QED) is 0.757. The van der Waals surface area contributed by atoms with E-state index >= 15 is 0 Å². The number of nitrogens with zero attached hydrogens (tertiary/aromatic N) is 3. The van der Waals surface area contributed by atoms with Crippen LogP contribution in [0.25, 0.3) is 11.4 Å². The number of fused-ring (bicyclic) bond motifs is 1. The highest BCUT2D eigenvalue weighted by Gasteiger charge is 2.18. The summed E-state index contributed by atoms with van der Waals surface area (Å²) in [5.74, 6) is 1.88. The lowest BCUT2D eigenvalue weighted by Crippen LogP contribution is -2.36. The Labute approximate surface area is 141 Å². The molecule has 128 valence electrons. The van der Waals surface area contributed by atoms with E-state index in [0.29, 0.717) is 6.42 Å². The second-order valence-electron chi connectivity index (χ2n) is 6.14. The molecule has 24 heavy (non-hydrogen) atoms. The van der Waals surface area contributed by atoms with Crippen LogP contribution in [0, 0.1) is 0 Å². The number of aromatic nitrogens is 3. The van der Waals surface area contributed by atoms with E-state index in [1.807, 2.05) is 31.2 Å². The van der Waals surface area contributed by atoms with Crippen LogP contribution in [0.5, 0.6) is 0 Å². The first kappa shape index (κ1) is 16.4. The first-order valence-corrected chi connectivity index (χ1v) is 8.38. The minimum Gasteiger partial charge on any atom is -0.396 e. The third kappa shape index (κ3) is 3.73. The van der Waals surface area contributed by atoms with E-state index in [-0.39, 0.29) is 18.7 Å². The smallest absolute Gasteiger partial charge is 0.319 e. The predicted molar refractivity (Wildman–Crippen MR) is 91.7 cm³/mol. The summed E-state index contributed by atoms with van der Waals surface area (Å²) < 4.78 is 2.14. The Morgan fingerprint density at radius 2 is 2.29 bits per heavy atom. The minimum absolute atomic E-state index is 0.0140. The van der Waals surface area contributed by atoms with Gasteiger partial charge < -0.3 is 20.3 Å². The third-order valence-corrected chi connectivity index (χ3v) is 4.16. The molecule has 7 heteroatoms. The van der Waals surface area contributed by atoms with Crippen LogP contribution in [0.2, 0.25) is 0 Å². The van der Waals surface area contributed by atoms with E-state index in [1.165, 1.54) is 0 Å². The molecule has 1 aromatic carbocycles. The number of carbonyl (C=O) groups is 1. The van der Waals surface area contributed by atoms with Crippen LogP contribution in [0.3, 0.4) is 0 Å². The van der Waals surface area contributed by atoms with Crippen molar-refractivity contribution in [3.8, 4) is 11.4 Å². The molecule has 1 atom stereocenters. The molecule has 0 bridgehead atoms. The van der Waals surface area contributed by atoms with E-state index in [1.54, 1.807) is 0 Å². The highest BCUT2D eigenvalue weighted by Crippen LogP contribution is 2.25. The van der Waals surface area contributed by atoms with Crippen molar-refractivity contribution in [3.63, 3.8) is 0 Å². The van der Waals surface area contributed by atoms with Crippen molar-refractivity contribution in [2.45, 2.75) is 45.2 Å². The summed E-state index contributed by atoms with van der Waals surface area (Å²) in [5, 5.41) is 23.0. The van der Waals surface area contributed by atoms with E-state index in [4.69, 9.17) is 5.11 Å². The average Bonchev–Trinajstić information content (AvgIpc) is 3.16. The van der Waals surface area contributed by atoms with Crippen LogP contribution >= 0.6 is 0 Å². The number of hydrogen-bond donors (Lipinski definition) is 3. The van der Waals surface area contributed by atoms with Gasteiger partial charge in [-0.2, -0.15) is 0 Å². The zero-order chi connectivity index (χ0) is 16.9. The highest BCUT2D eigenvalue weighted by atomic mass is 16.3. The van der Waals surface area contributed by atoms with Gasteiger partial charge in [-0.25, -0.2) is 4.79 Å². The van der Waals surface area contributed by atoms with Gasteiger partial charge in [0.25, 0.3) is 0 Å². The van der Waals surface area contributed by atoms with Gasteiger partial charge >= 0.3 is 6.03 Å². The molecule has 0 radical (unpaired) electrons. The Morgan fingerprint density at radius 1 is 1.42 bits per heavy atom. The molecular weight excluding hydrogens is 306 g/mol. The van der Waals surface area contributed by atoms with Gasteiger partial charge in [-0.05, 0) is 38.3 Å². The van der Waals surface area contributed by atoms with Crippen LogP contribution in [0.1, 0.15) is 32.0 Å². The van der Waals surface area contributed by atoms with Gasteiger partial charge in [-0.15, -0.1) is 10.2 Å². The first-order valence-electron chi connectivity index (χ1n) is 8.38. The van der Waals surface area contributed by atoms with E-state index in [0.717, 1.165) is 48.7 Å². The standard InChI is InChI=1S/C17H23N5O2/c1-12(5-4-10-23)18-17(24)19-14-7-2-6-13(11-14)16-21-20-15-8-3-9-22(15)16/h2,6-7,11-12,23H,3-5,8-10H2,1H3,(H2,18,19,24). The number of urea groups is 1. The third-order valence-electron chi connectivity index (χ3n) is 4.16. The molecule has 0 saturated heterocycles. The number of aryl methyl sites for hydroxylation is 1. The number of aliphatic hydroxyl groups is 1. The molecule has 7 nitrogen and oxygen atoms in total. The molecule has 1 aliphatic heterocycles. The van der Waals surface area contributed by atoms with Gasteiger partial charge in [0.15, 0.2) is 5.82 Å². The first-order chi connectivity index (χ1) is 11.7. The number of aliphatic hydroxyl groups excluding tert-OH is 1. The molecule has 0 spiro atoms. The summed E-state index contributed by atoms with van der Waals surface area (Å²) in [4.78, 5) is 12.1. The molecule has 3 rings (SSSR count). The molecular formula is C17H23N5O2. The van der Waals surface area contributed by atoms with Gasteiger partial charge in [0.2, 0.25) is 0 Å². The number of nitrogens with one attached hydrogen (secondary N) is 2. The number of amides is 2. The lowest BCUT2D eigenvalue weighted by atomic mass is 10.2. The molecule has 1 unspecified atom stereocenters. The Balaban J connectivity index is 1.66. The fourth-order valence-corrected chi connectivity index (χ4v) is 2.96. The summed E-state index contributed by atoms with van der Waals surface area (Å²) in [6, 6.07) is 7.40. The molecule has 1 aromatic heterocycles. The second-order valence-corrected chi connectivity index (χ2v) is 6.14. The van der Waals surface area contributed by atoms with Crippen LogP contribution in [-0.2, 0) is 13.0 Å². The SMILES string of the molecule is CC(CCCO)NC(=O)Nc1cccc(-c2nnc3n2CCC3)c1. The zero-order valence-electron chi connectivity index (χ0n) is 13.8. The number of anilines is 1. The molecule has 1 aliphatic rings. The monoisotopic (exact) mass is 329 g/mol. The number of benzene rings is 1. The van der Waals surface area contributed by atoms with E-state index in [9.17, 15) is 4.79 Å². The van der Waals surface area contributed by atoms with Crippen molar-refractivity contribution in [3.05, 3.63) is 30.1 Å². The molecule has 2 aromatic rings. The van der Waals surface area contributed by atoms with Gasteiger partial charge in [-0.3, -0.25) is 0 Å². The number of hydrogen-bond acceptors (Lipinski definition) is 4. The maximum absolute atomic E-state index is 12.1. The molecule has 3 N–H and O–H groups in total. The summed E-state index contributed by atoms with van der Waals surface area (Å²) in [5.41, 5.74) is 1.66. The van der Waals surface area contributed by atoms with Crippen molar-refractivity contribution >= 4 is 11.7 Å². The Morgan fingerprint density at radius 3 is 3.12 bits per heavy atom. The molecule has 0 aliphatic carbocycles. The summed E-state index contributed by atoms with van der Waals surface area (Å²) in [6.45, 7) is 3.00. The molecule has 2 heterocycles. The van der Waals surface area contributed by atoms with Crippen LogP contribution < -0.4 is 10.6 Å². The van der Waals surface area contributed by atoms with Crippen LogP contribution in [0.15, 0.2) is 24.3 Å². The maximum atomic E-state index is 12.1. The number of carbonyl (C=O) groups excluding carboxylic acids is 1. The molecule has 0 fully saturated rings. The summed E-state index contributed by atoms with van der Waals surface area (Å²) in [6.07, 6.45) is 3.49. The van der Waals surface area contributed by atoms with Gasteiger partial charge in [-0.1, -0.05) is 12.1 Å². The normalized spacial score (nSPS) is 14.2. The van der Waals surface area contributed by atoms with Crippen molar-refractivity contribution in [1.82, 2.24) is 20.1 Å². The lowest BCUT2D eigenvalue weighted by molar-refractivity contribution is 0.245. The maximum Gasteiger partial charge on any atom is 0.319 e. The topological polar surface area (TPSA) is 92.1 Å². The number of rotatable bonds is 6. The lowest BCUT2D eigenvalue weighted by Gasteiger charge is -2.14. The largest absolute Gasteiger partial charge is 0.396 e. The molecule has 2 amide bonds. The average molecular weight is 329 g/mol. The van der Waals surface area contributed by atoms with Crippen LogP contribution in [-0.4, -0.2) is 38.6 Å². The Kier molecular flexibility index (Phi) is 5.10. The van der Waals surface area contributed by atoms with Gasteiger partial charge in [0.05, 0.1) is 0 Å². The fraction of sp³-hybridized carbons (Fsp3) is 0.471. The van der Waals surface area contributed by atoms with Gasteiger partial charge in [0.1, 0.15) is 5.82 Å². The van der Waals surface area contributed by atoms with E-state index < -0.39 is 0 Å². The van der Waals surface area contributed by atoms with E-state index in [2.05, 4.69) is 25.4 Å². The summed E-state index contributed by atoms with van der Waals surface area (Å²) in [7, 11) is 0. The second kappa shape index (κ2) is 7.44. The predicted octanol–water partition coefficient (Wildman–Crippen LogP) is 2.17. The van der Waals surface area contributed by atoms with Crippen molar-refractivity contribution < 1.29 is 9.90 Å². The highest BCUT2D eigenvalue weighted by molar-refractivity contribution is 5.90. The van der Waals surface area contributed by atoms with Gasteiger partial charge in [0, 0.05) is 36.9 Å².